The van der Waals surface area contributed by atoms with E-state index >= 15 is 0 Å². The van der Waals surface area contributed by atoms with Crippen LogP contribution in [0.1, 0.15) is 64.0 Å². The lowest BCUT2D eigenvalue weighted by Crippen LogP contribution is -2.27. The second kappa shape index (κ2) is 8.28. The molecule has 3 nitrogen and oxygen atoms in total. The lowest BCUT2D eigenvalue weighted by atomic mass is 10.0. The zero-order valence-corrected chi connectivity index (χ0v) is 13.6. The molecule has 1 atom stereocenters. The molecule has 21 heavy (non-hydrogen) atoms. The van der Waals surface area contributed by atoms with Crippen LogP contribution < -0.4 is 10.2 Å². The van der Waals surface area contributed by atoms with Crippen molar-refractivity contribution >= 4 is 5.69 Å². The van der Waals surface area contributed by atoms with Gasteiger partial charge in [-0.3, -0.25) is 0 Å². The minimum absolute atomic E-state index is 0.200. The summed E-state index contributed by atoms with van der Waals surface area (Å²) < 4.78 is 0. The third-order valence-corrected chi connectivity index (χ3v) is 4.40. The minimum atomic E-state index is 0.200. The number of hydrogen-bond donors (Lipinski definition) is 2. The SMILES string of the molecule is CCCNC(C)c1ccc(N2CCCCCCC2)cc1O. The summed E-state index contributed by atoms with van der Waals surface area (Å²) in [6.07, 6.45) is 7.67. The van der Waals surface area contributed by atoms with Crippen molar-refractivity contribution in [2.24, 2.45) is 0 Å². The second-order valence-electron chi connectivity index (χ2n) is 6.17. The molecular formula is C18H30N2O. The Morgan fingerprint density at radius 1 is 1.14 bits per heavy atom. The number of phenols is 1. The fourth-order valence-electron chi connectivity index (χ4n) is 3.07. The average Bonchev–Trinajstić information content (AvgIpc) is 2.44. The molecule has 118 valence electrons. The van der Waals surface area contributed by atoms with Crippen LogP contribution in [0, 0.1) is 0 Å². The number of phenolic OH excluding ortho intramolecular Hbond substituents is 1. The fourth-order valence-corrected chi connectivity index (χ4v) is 3.07. The molecule has 0 aliphatic carbocycles. The van der Waals surface area contributed by atoms with Gasteiger partial charge in [0.05, 0.1) is 0 Å². The van der Waals surface area contributed by atoms with Gasteiger partial charge in [0, 0.05) is 36.4 Å². The molecule has 1 aliphatic rings. The van der Waals surface area contributed by atoms with Crippen molar-refractivity contribution in [3.8, 4) is 5.75 Å². The van der Waals surface area contributed by atoms with Crippen LogP contribution in [0.25, 0.3) is 0 Å². The minimum Gasteiger partial charge on any atom is -0.508 e. The highest BCUT2D eigenvalue weighted by molar-refractivity contribution is 5.54. The van der Waals surface area contributed by atoms with Crippen LogP contribution in [-0.2, 0) is 0 Å². The standard InChI is InChI=1S/C18H30N2O/c1-3-11-19-15(2)17-10-9-16(14-18(17)21)20-12-7-5-4-6-8-13-20/h9-10,14-15,19,21H,3-8,11-13H2,1-2H3. The van der Waals surface area contributed by atoms with Crippen LogP contribution in [0.15, 0.2) is 18.2 Å². The van der Waals surface area contributed by atoms with Crippen LogP contribution in [0.4, 0.5) is 5.69 Å². The molecule has 1 aromatic carbocycles. The smallest absolute Gasteiger partial charge is 0.122 e. The van der Waals surface area contributed by atoms with Gasteiger partial charge >= 0.3 is 0 Å². The third-order valence-electron chi connectivity index (χ3n) is 4.40. The first-order valence-electron chi connectivity index (χ1n) is 8.53. The molecule has 0 spiro atoms. The molecule has 2 N–H and O–H groups in total. The van der Waals surface area contributed by atoms with Gasteiger partial charge in [0.25, 0.3) is 0 Å². The summed E-state index contributed by atoms with van der Waals surface area (Å²) in [5.41, 5.74) is 2.17. The van der Waals surface area contributed by atoms with E-state index in [2.05, 4.69) is 36.2 Å². The molecule has 0 amide bonds. The van der Waals surface area contributed by atoms with E-state index in [0.717, 1.165) is 31.6 Å². The van der Waals surface area contributed by atoms with E-state index in [1.165, 1.54) is 37.8 Å². The summed E-state index contributed by atoms with van der Waals surface area (Å²) in [5, 5.41) is 13.8. The number of aromatic hydroxyl groups is 1. The molecule has 3 heteroatoms. The van der Waals surface area contributed by atoms with E-state index in [0.29, 0.717) is 5.75 Å². The summed E-state index contributed by atoms with van der Waals surface area (Å²) >= 11 is 0. The van der Waals surface area contributed by atoms with E-state index < -0.39 is 0 Å². The zero-order chi connectivity index (χ0) is 15.1. The molecule has 2 rings (SSSR count). The molecule has 1 unspecified atom stereocenters. The molecular weight excluding hydrogens is 260 g/mol. The Balaban J connectivity index is 2.06. The highest BCUT2D eigenvalue weighted by Gasteiger charge is 2.14. The largest absolute Gasteiger partial charge is 0.508 e. The average molecular weight is 290 g/mol. The highest BCUT2D eigenvalue weighted by atomic mass is 16.3. The van der Waals surface area contributed by atoms with E-state index in [9.17, 15) is 5.11 Å². The maximum absolute atomic E-state index is 10.4. The first-order valence-corrected chi connectivity index (χ1v) is 8.53. The van der Waals surface area contributed by atoms with Crippen LogP contribution in [0.3, 0.4) is 0 Å². The fraction of sp³-hybridized carbons (Fsp3) is 0.667. The normalized spacial score (nSPS) is 18.1. The van der Waals surface area contributed by atoms with Crippen LogP contribution in [0.2, 0.25) is 0 Å². The summed E-state index contributed by atoms with van der Waals surface area (Å²) in [5.74, 6) is 0.422. The van der Waals surface area contributed by atoms with Gasteiger partial charge in [-0.05, 0) is 38.8 Å². The molecule has 0 aromatic heterocycles. The van der Waals surface area contributed by atoms with Crippen LogP contribution in [-0.4, -0.2) is 24.7 Å². The summed E-state index contributed by atoms with van der Waals surface area (Å²) in [4.78, 5) is 2.42. The molecule has 1 heterocycles. The Morgan fingerprint density at radius 3 is 2.43 bits per heavy atom. The Kier molecular flexibility index (Phi) is 6.37. The van der Waals surface area contributed by atoms with E-state index in [1.807, 2.05) is 6.07 Å². The number of benzene rings is 1. The van der Waals surface area contributed by atoms with Gasteiger partial charge in [0.1, 0.15) is 5.75 Å². The predicted molar refractivity (Wildman–Crippen MR) is 90.1 cm³/mol. The van der Waals surface area contributed by atoms with Gasteiger partial charge in [-0.15, -0.1) is 0 Å². The van der Waals surface area contributed by atoms with Crippen molar-refractivity contribution in [1.82, 2.24) is 5.32 Å². The molecule has 0 radical (unpaired) electrons. The van der Waals surface area contributed by atoms with Gasteiger partial charge in [-0.1, -0.05) is 32.3 Å². The Hall–Kier alpha value is -1.22. The monoisotopic (exact) mass is 290 g/mol. The number of hydrogen-bond acceptors (Lipinski definition) is 3. The summed E-state index contributed by atoms with van der Waals surface area (Å²) in [6.45, 7) is 7.48. The lowest BCUT2D eigenvalue weighted by Gasteiger charge is -2.27. The quantitative estimate of drug-likeness (QED) is 0.852. The second-order valence-corrected chi connectivity index (χ2v) is 6.17. The maximum atomic E-state index is 10.4. The van der Waals surface area contributed by atoms with Crippen molar-refractivity contribution in [1.29, 1.82) is 0 Å². The summed E-state index contributed by atoms with van der Waals surface area (Å²) in [6, 6.07) is 6.39. The molecule has 0 bridgehead atoms. The first-order chi connectivity index (χ1) is 10.2. The van der Waals surface area contributed by atoms with E-state index in [-0.39, 0.29) is 6.04 Å². The summed E-state index contributed by atoms with van der Waals surface area (Å²) in [7, 11) is 0. The van der Waals surface area contributed by atoms with Crippen molar-refractivity contribution in [2.45, 2.75) is 58.4 Å². The third kappa shape index (κ3) is 4.63. The van der Waals surface area contributed by atoms with Crippen molar-refractivity contribution in [3.05, 3.63) is 23.8 Å². The van der Waals surface area contributed by atoms with Gasteiger partial charge < -0.3 is 15.3 Å². The maximum Gasteiger partial charge on any atom is 0.122 e. The number of anilines is 1. The molecule has 1 aliphatic heterocycles. The Labute approximate surface area is 129 Å². The number of nitrogens with zero attached hydrogens (tertiary/aromatic N) is 1. The highest BCUT2D eigenvalue weighted by Crippen LogP contribution is 2.30. The van der Waals surface area contributed by atoms with Gasteiger partial charge in [0.2, 0.25) is 0 Å². The van der Waals surface area contributed by atoms with E-state index in [1.54, 1.807) is 0 Å². The van der Waals surface area contributed by atoms with Crippen LogP contribution >= 0.6 is 0 Å². The molecule has 1 aromatic rings. The number of nitrogens with one attached hydrogen (secondary N) is 1. The Morgan fingerprint density at radius 2 is 1.81 bits per heavy atom. The van der Waals surface area contributed by atoms with Crippen LogP contribution in [0.5, 0.6) is 5.75 Å². The topological polar surface area (TPSA) is 35.5 Å². The molecule has 1 fully saturated rings. The van der Waals surface area contributed by atoms with Gasteiger partial charge in [-0.2, -0.15) is 0 Å². The van der Waals surface area contributed by atoms with Gasteiger partial charge in [0.15, 0.2) is 0 Å². The zero-order valence-electron chi connectivity index (χ0n) is 13.6. The van der Waals surface area contributed by atoms with Gasteiger partial charge in [-0.25, -0.2) is 0 Å². The van der Waals surface area contributed by atoms with Crippen molar-refractivity contribution in [2.75, 3.05) is 24.5 Å². The Bertz CT molecular complexity index is 425. The molecule has 1 saturated heterocycles. The van der Waals surface area contributed by atoms with E-state index in [4.69, 9.17) is 0 Å². The number of rotatable bonds is 5. The molecule has 0 saturated carbocycles. The predicted octanol–water partition coefficient (Wildman–Crippen LogP) is 4.22. The first kappa shape index (κ1) is 16.2. The van der Waals surface area contributed by atoms with Crippen molar-refractivity contribution in [3.63, 3.8) is 0 Å². The van der Waals surface area contributed by atoms with Crippen molar-refractivity contribution < 1.29 is 5.11 Å². The lowest BCUT2D eigenvalue weighted by molar-refractivity contribution is 0.452.